The van der Waals surface area contributed by atoms with Crippen LogP contribution in [-0.2, 0) is 0 Å². The van der Waals surface area contributed by atoms with Crippen molar-refractivity contribution in [3.8, 4) is 0 Å². The highest BCUT2D eigenvalue weighted by molar-refractivity contribution is 5.80. The molecule has 1 saturated heterocycles. The molecule has 0 saturated carbocycles. The number of benzene rings is 1. The molecule has 2 unspecified atom stereocenters. The van der Waals surface area contributed by atoms with Crippen molar-refractivity contribution in [3.63, 3.8) is 0 Å². The van der Waals surface area contributed by atoms with Gasteiger partial charge in [0.25, 0.3) is 0 Å². The molecule has 2 aromatic rings. The number of hydrogen-bond acceptors (Lipinski definition) is 3. The summed E-state index contributed by atoms with van der Waals surface area (Å²) in [4.78, 5) is 8.44. The molecule has 1 aliphatic heterocycles. The summed E-state index contributed by atoms with van der Waals surface area (Å²) < 4.78 is 0. The van der Waals surface area contributed by atoms with Crippen molar-refractivity contribution in [1.82, 2.24) is 15.3 Å². The molecule has 16 heavy (non-hydrogen) atoms. The van der Waals surface area contributed by atoms with Gasteiger partial charge in [0.1, 0.15) is 6.33 Å². The van der Waals surface area contributed by atoms with Crippen molar-refractivity contribution in [2.75, 3.05) is 13.1 Å². The molecule has 3 nitrogen and oxygen atoms in total. The van der Waals surface area contributed by atoms with Crippen molar-refractivity contribution >= 4 is 10.9 Å². The highest BCUT2D eigenvalue weighted by Crippen LogP contribution is 2.44. The first-order chi connectivity index (χ1) is 7.92. The molecule has 2 aliphatic rings. The summed E-state index contributed by atoms with van der Waals surface area (Å²) in [6, 6.07) is 4.56. The number of hydrogen-bond donors (Lipinski definition) is 1. The first kappa shape index (κ1) is 8.65. The number of nitrogens with zero attached hydrogens (tertiary/aromatic N) is 2. The molecule has 0 amide bonds. The summed E-state index contributed by atoms with van der Waals surface area (Å²) in [5.41, 5.74) is 4.12. The Bertz CT molecular complexity index is 516. The SMILES string of the molecule is c1ncc2cc3c(cc2n1)C1CNCC3C1. The first-order valence-corrected chi connectivity index (χ1v) is 5.86. The van der Waals surface area contributed by atoms with E-state index >= 15 is 0 Å². The smallest absolute Gasteiger partial charge is 0.116 e. The van der Waals surface area contributed by atoms with E-state index in [1.807, 2.05) is 6.20 Å². The van der Waals surface area contributed by atoms with E-state index in [1.54, 1.807) is 6.33 Å². The summed E-state index contributed by atoms with van der Waals surface area (Å²) in [6.45, 7) is 2.25. The quantitative estimate of drug-likeness (QED) is 0.722. The van der Waals surface area contributed by atoms with Gasteiger partial charge < -0.3 is 5.32 Å². The zero-order valence-electron chi connectivity index (χ0n) is 8.98. The van der Waals surface area contributed by atoms with E-state index in [0.29, 0.717) is 11.8 Å². The minimum absolute atomic E-state index is 0.702. The standard InChI is InChI=1S/C13H13N3/c1-8-4-14-5-9(1)12-3-13-10(2-11(8)12)6-15-7-16-13/h2-3,6-9,14H,1,4-5H2. The van der Waals surface area contributed by atoms with E-state index in [4.69, 9.17) is 0 Å². The second-order valence-corrected chi connectivity index (χ2v) is 4.85. The highest BCUT2D eigenvalue weighted by atomic mass is 14.9. The van der Waals surface area contributed by atoms with Gasteiger partial charge in [-0.1, -0.05) is 0 Å². The van der Waals surface area contributed by atoms with Gasteiger partial charge in [0.15, 0.2) is 0 Å². The number of rotatable bonds is 0. The fourth-order valence-electron chi connectivity index (χ4n) is 3.19. The predicted molar refractivity (Wildman–Crippen MR) is 62.5 cm³/mol. The molecule has 2 bridgehead atoms. The maximum absolute atomic E-state index is 4.34. The Hall–Kier alpha value is -1.48. The van der Waals surface area contributed by atoms with Crippen LogP contribution < -0.4 is 5.32 Å². The van der Waals surface area contributed by atoms with Crippen molar-refractivity contribution < 1.29 is 0 Å². The van der Waals surface area contributed by atoms with E-state index in [1.165, 1.54) is 22.9 Å². The van der Waals surface area contributed by atoms with Crippen molar-refractivity contribution in [2.45, 2.75) is 18.3 Å². The topological polar surface area (TPSA) is 37.8 Å². The van der Waals surface area contributed by atoms with E-state index in [0.717, 1.165) is 18.6 Å². The van der Waals surface area contributed by atoms with Crippen LogP contribution in [0.3, 0.4) is 0 Å². The van der Waals surface area contributed by atoms with Crippen LogP contribution in [-0.4, -0.2) is 23.1 Å². The Morgan fingerprint density at radius 1 is 1.12 bits per heavy atom. The Morgan fingerprint density at radius 2 is 1.94 bits per heavy atom. The van der Waals surface area contributed by atoms with Crippen LogP contribution in [0.2, 0.25) is 0 Å². The minimum Gasteiger partial charge on any atom is -0.316 e. The summed E-state index contributed by atoms with van der Waals surface area (Å²) >= 11 is 0. The molecule has 1 fully saturated rings. The maximum Gasteiger partial charge on any atom is 0.116 e. The summed E-state index contributed by atoms with van der Waals surface area (Å²) in [7, 11) is 0. The van der Waals surface area contributed by atoms with Crippen LogP contribution in [0.4, 0.5) is 0 Å². The molecule has 1 aromatic carbocycles. The molecule has 80 valence electrons. The van der Waals surface area contributed by atoms with Gasteiger partial charge in [-0.05, 0) is 41.5 Å². The van der Waals surface area contributed by atoms with Gasteiger partial charge in [-0.25, -0.2) is 9.97 Å². The highest BCUT2D eigenvalue weighted by Gasteiger charge is 2.34. The molecule has 0 spiro atoms. The minimum atomic E-state index is 0.702. The van der Waals surface area contributed by atoms with Gasteiger partial charge in [-0.3, -0.25) is 0 Å². The van der Waals surface area contributed by atoms with Gasteiger partial charge >= 0.3 is 0 Å². The molecule has 4 rings (SSSR count). The van der Waals surface area contributed by atoms with Crippen LogP contribution >= 0.6 is 0 Å². The molecule has 1 aromatic heterocycles. The summed E-state index contributed by atoms with van der Waals surface area (Å²) in [5.74, 6) is 1.41. The first-order valence-electron chi connectivity index (χ1n) is 5.86. The Labute approximate surface area is 93.9 Å². The number of aromatic nitrogens is 2. The fraction of sp³-hybridized carbons (Fsp3) is 0.385. The van der Waals surface area contributed by atoms with Crippen molar-refractivity contribution in [1.29, 1.82) is 0 Å². The average molecular weight is 211 g/mol. The van der Waals surface area contributed by atoms with Gasteiger partial charge in [0.05, 0.1) is 5.52 Å². The van der Waals surface area contributed by atoms with E-state index < -0.39 is 0 Å². The average Bonchev–Trinajstić information content (AvgIpc) is 2.59. The lowest BCUT2D eigenvalue weighted by molar-refractivity contribution is 0.454. The zero-order valence-corrected chi connectivity index (χ0v) is 8.98. The van der Waals surface area contributed by atoms with Crippen LogP contribution in [0.15, 0.2) is 24.7 Å². The lowest BCUT2D eigenvalue weighted by atomic mass is 9.98. The Morgan fingerprint density at radius 3 is 2.81 bits per heavy atom. The predicted octanol–water partition coefficient (Wildman–Crippen LogP) is 1.80. The van der Waals surface area contributed by atoms with Crippen LogP contribution in [0.25, 0.3) is 10.9 Å². The third kappa shape index (κ3) is 1.06. The van der Waals surface area contributed by atoms with E-state index in [-0.39, 0.29) is 0 Å². The lowest BCUT2D eigenvalue weighted by Crippen LogP contribution is -2.28. The number of piperidine rings is 1. The molecule has 0 radical (unpaired) electrons. The third-order valence-corrected chi connectivity index (χ3v) is 3.94. The molecule has 1 aliphatic carbocycles. The van der Waals surface area contributed by atoms with Crippen LogP contribution in [0.5, 0.6) is 0 Å². The Balaban J connectivity index is 2.01. The molecule has 1 N–H and O–H groups in total. The summed E-state index contributed by atoms with van der Waals surface area (Å²) in [5, 5.41) is 4.69. The fourth-order valence-corrected chi connectivity index (χ4v) is 3.19. The summed E-state index contributed by atoms with van der Waals surface area (Å²) in [6.07, 6.45) is 4.86. The van der Waals surface area contributed by atoms with Gasteiger partial charge in [-0.2, -0.15) is 0 Å². The van der Waals surface area contributed by atoms with Crippen molar-refractivity contribution in [3.05, 3.63) is 35.8 Å². The van der Waals surface area contributed by atoms with Crippen LogP contribution in [0, 0.1) is 0 Å². The zero-order chi connectivity index (χ0) is 10.5. The monoisotopic (exact) mass is 211 g/mol. The lowest BCUT2D eigenvalue weighted by Gasteiger charge is -2.19. The van der Waals surface area contributed by atoms with Gasteiger partial charge in [0.2, 0.25) is 0 Å². The molecule has 3 heteroatoms. The maximum atomic E-state index is 4.34. The molecular weight excluding hydrogens is 198 g/mol. The molecule has 2 heterocycles. The second-order valence-electron chi connectivity index (χ2n) is 4.85. The second kappa shape index (κ2) is 3.01. The van der Waals surface area contributed by atoms with Gasteiger partial charge in [0, 0.05) is 24.7 Å². The number of nitrogens with one attached hydrogen (secondary N) is 1. The number of fused-ring (bicyclic) bond motifs is 6. The molecule has 2 atom stereocenters. The van der Waals surface area contributed by atoms with Crippen LogP contribution in [0.1, 0.15) is 29.4 Å². The van der Waals surface area contributed by atoms with E-state index in [9.17, 15) is 0 Å². The third-order valence-electron chi connectivity index (χ3n) is 3.94. The normalized spacial score (nSPS) is 27.0. The molecular formula is C13H13N3. The Kier molecular flexibility index (Phi) is 1.63. The van der Waals surface area contributed by atoms with Gasteiger partial charge in [-0.15, -0.1) is 0 Å². The van der Waals surface area contributed by atoms with Crippen molar-refractivity contribution in [2.24, 2.45) is 0 Å². The largest absolute Gasteiger partial charge is 0.316 e. The van der Waals surface area contributed by atoms with E-state index in [2.05, 4.69) is 27.4 Å².